The maximum Gasteiger partial charge on any atom is 0.0553 e. The van der Waals surface area contributed by atoms with Gasteiger partial charge in [0.15, 0.2) is 0 Å². The predicted molar refractivity (Wildman–Crippen MR) is 255 cm³/mol. The molecule has 0 unspecified atom stereocenters. The molecule has 0 saturated carbocycles. The van der Waals surface area contributed by atoms with Crippen molar-refractivity contribution in [1.29, 1.82) is 0 Å². The summed E-state index contributed by atoms with van der Waals surface area (Å²) in [7, 11) is 0. The van der Waals surface area contributed by atoms with Crippen LogP contribution in [0.1, 0.15) is 0 Å². The minimum atomic E-state index is 1.10. The summed E-state index contributed by atoms with van der Waals surface area (Å²) in [6, 6.07) is 84.1. The van der Waals surface area contributed by atoms with Gasteiger partial charge in [0, 0.05) is 33.5 Å². The van der Waals surface area contributed by atoms with Crippen LogP contribution in [0.15, 0.2) is 231 Å². The molecule has 0 radical (unpaired) electrons. The first-order chi connectivity index (χ1) is 29.7. The third kappa shape index (κ3) is 5.57. The fourth-order valence-electron chi connectivity index (χ4n) is 9.47. The Hall–Kier alpha value is -7.94. The van der Waals surface area contributed by atoms with Crippen LogP contribution in [-0.2, 0) is 0 Å². The molecule has 2 heteroatoms. The Morgan fingerprint density at radius 3 is 1.30 bits per heavy atom. The maximum absolute atomic E-state index is 2.44. The lowest BCUT2D eigenvalue weighted by molar-refractivity contribution is 1.18. The summed E-state index contributed by atoms with van der Waals surface area (Å²) < 4.78 is 2.44. The third-order valence-electron chi connectivity index (χ3n) is 12.3. The van der Waals surface area contributed by atoms with Crippen LogP contribution >= 0.6 is 0 Å². The van der Waals surface area contributed by atoms with Crippen molar-refractivity contribution in [3.63, 3.8) is 0 Å². The lowest BCUT2D eigenvalue weighted by Gasteiger charge is -2.26. The van der Waals surface area contributed by atoms with Crippen molar-refractivity contribution in [1.82, 2.24) is 4.57 Å². The molecule has 11 aromatic carbocycles. The summed E-state index contributed by atoms with van der Waals surface area (Å²) in [5.41, 5.74) is 14.1. The van der Waals surface area contributed by atoms with Crippen molar-refractivity contribution in [2.45, 2.75) is 0 Å². The second kappa shape index (κ2) is 13.9. The van der Waals surface area contributed by atoms with E-state index in [2.05, 4.69) is 240 Å². The van der Waals surface area contributed by atoms with E-state index >= 15 is 0 Å². The van der Waals surface area contributed by atoms with Gasteiger partial charge >= 0.3 is 0 Å². The van der Waals surface area contributed by atoms with Crippen LogP contribution in [0.4, 0.5) is 17.1 Å². The van der Waals surface area contributed by atoms with E-state index in [-0.39, 0.29) is 0 Å². The summed E-state index contributed by atoms with van der Waals surface area (Å²) in [5, 5.41) is 10.4. The van der Waals surface area contributed by atoms with Gasteiger partial charge in [0.25, 0.3) is 0 Å². The molecule has 0 amide bonds. The zero-order valence-electron chi connectivity index (χ0n) is 32.8. The van der Waals surface area contributed by atoms with Gasteiger partial charge in [-0.05, 0) is 132 Å². The van der Waals surface area contributed by atoms with Crippen LogP contribution in [0.25, 0.3) is 93.2 Å². The van der Waals surface area contributed by atoms with Crippen molar-refractivity contribution in [3.05, 3.63) is 231 Å². The third-order valence-corrected chi connectivity index (χ3v) is 12.3. The van der Waals surface area contributed by atoms with E-state index in [1.807, 2.05) is 0 Å². The number of rotatable bonds is 7. The Balaban J connectivity index is 0.993. The largest absolute Gasteiger partial charge is 0.311 e. The number of aromatic nitrogens is 1. The number of hydrogen-bond donors (Lipinski definition) is 0. The molecular weight excluding hydrogens is 725 g/mol. The minimum absolute atomic E-state index is 1.10. The Morgan fingerprint density at radius 1 is 0.267 bits per heavy atom. The molecule has 2 nitrogen and oxygen atoms in total. The van der Waals surface area contributed by atoms with E-state index in [9.17, 15) is 0 Å². The number of fused-ring (bicyclic) bond motifs is 4. The molecule has 0 aliphatic heterocycles. The van der Waals surface area contributed by atoms with Gasteiger partial charge in [0.05, 0.1) is 11.0 Å². The fraction of sp³-hybridized carbons (Fsp3) is 0. The monoisotopic (exact) mass is 762 g/mol. The predicted octanol–water partition coefficient (Wildman–Crippen LogP) is 16.2. The molecule has 0 atom stereocenters. The Bertz CT molecular complexity index is 3380. The fourth-order valence-corrected chi connectivity index (χ4v) is 9.47. The van der Waals surface area contributed by atoms with Crippen molar-refractivity contribution in [2.24, 2.45) is 0 Å². The molecule has 1 aromatic heterocycles. The molecule has 0 aliphatic rings. The number of nitrogens with zero attached hydrogens (tertiary/aromatic N) is 2. The number of hydrogen-bond acceptors (Lipinski definition) is 1. The van der Waals surface area contributed by atoms with Gasteiger partial charge in [-0.25, -0.2) is 0 Å². The second-order valence-corrected chi connectivity index (χ2v) is 15.7. The average Bonchev–Trinajstić information content (AvgIpc) is 3.65. The highest BCUT2D eigenvalue weighted by molar-refractivity contribution is 6.33. The highest BCUT2D eigenvalue weighted by Gasteiger charge is 2.20. The van der Waals surface area contributed by atoms with Gasteiger partial charge in [-0.15, -0.1) is 0 Å². The van der Waals surface area contributed by atoms with Crippen LogP contribution < -0.4 is 4.90 Å². The van der Waals surface area contributed by atoms with Crippen LogP contribution in [-0.4, -0.2) is 4.57 Å². The lowest BCUT2D eigenvalue weighted by atomic mass is 9.91. The van der Waals surface area contributed by atoms with Gasteiger partial charge in [0.2, 0.25) is 0 Å². The smallest absolute Gasteiger partial charge is 0.0553 e. The van der Waals surface area contributed by atoms with Gasteiger partial charge in [-0.1, -0.05) is 164 Å². The van der Waals surface area contributed by atoms with Gasteiger partial charge in [-0.3, -0.25) is 0 Å². The SMILES string of the molecule is c1ccc(-c2ccc(N(c3ccc(-c4ccccc4)cc3)c3ccc(-c4ccc5c(c4)c4c6ccc7cccc8ccc(cc4n5-c4ccccc4)c6c87)cc3)cc2)cc1. The summed E-state index contributed by atoms with van der Waals surface area (Å²) in [4.78, 5) is 2.35. The van der Waals surface area contributed by atoms with Gasteiger partial charge in [-0.2, -0.15) is 0 Å². The average molecular weight is 763 g/mol. The molecule has 0 bridgehead atoms. The topological polar surface area (TPSA) is 8.17 Å². The van der Waals surface area contributed by atoms with Crippen LogP contribution in [0.2, 0.25) is 0 Å². The molecule has 60 heavy (non-hydrogen) atoms. The first-order valence-electron chi connectivity index (χ1n) is 20.7. The van der Waals surface area contributed by atoms with E-state index in [0.717, 1.165) is 22.7 Å². The number of benzene rings is 11. The highest BCUT2D eigenvalue weighted by atomic mass is 15.1. The van der Waals surface area contributed by atoms with Crippen molar-refractivity contribution >= 4 is 71.2 Å². The van der Waals surface area contributed by atoms with Crippen molar-refractivity contribution < 1.29 is 0 Å². The molecule has 12 aromatic rings. The normalized spacial score (nSPS) is 11.7. The molecule has 0 fully saturated rings. The molecule has 1 heterocycles. The molecular formula is C58H38N2. The Kier molecular flexibility index (Phi) is 7.89. The summed E-state index contributed by atoms with van der Waals surface area (Å²) in [6.45, 7) is 0. The lowest BCUT2D eigenvalue weighted by Crippen LogP contribution is -2.09. The van der Waals surface area contributed by atoms with E-state index < -0.39 is 0 Å². The first-order valence-corrected chi connectivity index (χ1v) is 20.7. The van der Waals surface area contributed by atoms with E-state index in [4.69, 9.17) is 0 Å². The van der Waals surface area contributed by atoms with Gasteiger partial charge in [0.1, 0.15) is 0 Å². The quantitative estimate of drug-likeness (QED) is 0.147. The molecule has 0 saturated heterocycles. The second-order valence-electron chi connectivity index (χ2n) is 15.7. The van der Waals surface area contributed by atoms with E-state index in [0.29, 0.717) is 0 Å². The van der Waals surface area contributed by atoms with Crippen molar-refractivity contribution in [3.8, 4) is 39.1 Å². The molecule has 12 rings (SSSR count). The molecule has 0 spiro atoms. The van der Waals surface area contributed by atoms with Gasteiger partial charge < -0.3 is 9.47 Å². The van der Waals surface area contributed by atoms with E-state index in [1.165, 1.54) is 87.5 Å². The zero-order chi connectivity index (χ0) is 39.6. The Morgan fingerprint density at radius 2 is 0.733 bits per heavy atom. The van der Waals surface area contributed by atoms with E-state index in [1.54, 1.807) is 0 Å². The number of anilines is 3. The summed E-state index contributed by atoms with van der Waals surface area (Å²) in [6.07, 6.45) is 0. The summed E-state index contributed by atoms with van der Waals surface area (Å²) in [5.74, 6) is 0. The van der Waals surface area contributed by atoms with Crippen molar-refractivity contribution in [2.75, 3.05) is 4.90 Å². The molecule has 280 valence electrons. The summed E-state index contributed by atoms with van der Waals surface area (Å²) >= 11 is 0. The standard InChI is InChI=1S/C58H38N2/c1-4-11-39(12-5-1)41-21-29-49(30-22-41)59(50-31-23-42(24-32-50)40-13-6-2-7-14-40)51-33-25-43(26-34-51)46-28-36-54-53(37-46)58-52-35-27-45-16-10-15-44-19-20-47(57(52)56(44)45)38-55(58)60(54)48-17-8-3-9-18-48/h1-38H. The molecule has 0 aliphatic carbocycles. The maximum atomic E-state index is 2.44. The zero-order valence-corrected chi connectivity index (χ0v) is 32.8. The highest BCUT2D eigenvalue weighted by Crippen LogP contribution is 2.44. The Labute approximate surface area is 348 Å². The number of para-hydroxylation sites is 1. The molecule has 0 N–H and O–H groups in total. The first kappa shape index (κ1) is 34.1. The van der Waals surface area contributed by atoms with Crippen LogP contribution in [0, 0.1) is 0 Å². The van der Waals surface area contributed by atoms with Crippen LogP contribution in [0.3, 0.4) is 0 Å². The van der Waals surface area contributed by atoms with Crippen LogP contribution in [0.5, 0.6) is 0 Å². The minimum Gasteiger partial charge on any atom is -0.311 e.